The van der Waals surface area contributed by atoms with Crippen LogP contribution in [0.25, 0.3) is 0 Å². The fourth-order valence-corrected chi connectivity index (χ4v) is 4.69. The topological polar surface area (TPSA) is 111 Å². The summed E-state index contributed by atoms with van der Waals surface area (Å²) in [6.45, 7) is 5.40. The Bertz CT molecular complexity index is 1090. The molecule has 1 aromatic carbocycles. The summed E-state index contributed by atoms with van der Waals surface area (Å²) in [5, 5.41) is 14.2. The van der Waals surface area contributed by atoms with Gasteiger partial charge in [0, 0.05) is 38.2 Å². The number of piperidine rings is 1. The van der Waals surface area contributed by atoms with Crippen LogP contribution in [0.5, 0.6) is 0 Å². The summed E-state index contributed by atoms with van der Waals surface area (Å²) in [4.78, 5) is 39.0. The first-order valence-electron chi connectivity index (χ1n) is 11.6. The van der Waals surface area contributed by atoms with Gasteiger partial charge in [0.15, 0.2) is 0 Å². The van der Waals surface area contributed by atoms with Gasteiger partial charge in [0.2, 0.25) is 5.91 Å². The van der Waals surface area contributed by atoms with E-state index >= 15 is 0 Å². The number of pyridine rings is 1. The molecule has 2 aromatic rings. The Hall–Kier alpha value is -3.68. The van der Waals surface area contributed by atoms with E-state index in [0.29, 0.717) is 0 Å². The second-order valence-corrected chi connectivity index (χ2v) is 8.91. The third-order valence-corrected chi connectivity index (χ3v) is 6.47. The zero-order valence-corrected chi connectivity index (χ0v) is 20.7. The standard InChI is InChI=1S/C21H25N3O.2C2HF3O2/c1-17(25)24-14-11-21(18-7-3-2-4-8-18)10-13-23(16-20(21)24)15-19-9-5-6-12-22-19;2*3-2(4,5)1(6)7/h2-9,12,20H,10-11,13-16H2,1H3;2*(H,6,7). The summed E-state index contributed by atoms with van der Waals surface area (Å²) in [5.74, 6) is -5.32. The Morgan fingerprint density at radius 2 is 1.41 bits per heavy atom. The van der Waals surface area contributed by atoms with Crippen LogP contribution in [0.15, 0.2) is 54.7 Å². The Labute approximate surface area is 219 Å². The van der Waals surface area contributed by atoms with Crippen LogP contribution in [-0.2, 0) is 26.3 Å². The lowest BCUT2D eigenvalue weighted by atomic mass is 9.69. The molecule has 2 atom stereocenters. The highest BCUT2D eigenvalue weighted by Crippen LogP contribution is 2.46. The lowest BCUT2D eigenvalue weighted by Gasteiger charge is -2.46. The number of aromatic nitrogens is 1. The average Bonchev–Trinajstić information content (AvgIpc) is 3.25. The maximum atomic E-state index is 12.2. The minimum atomic E-state index is -5.08. The molecule has 214 valence electrons. The zero-order valence-electron chi connectivity index (χ0n) is 20.7. The van der Waals surface area contributed by atoms with Crippen molar-refractivity contribution in [2.24, 2.45) is 0 Å². The first-order valence-corrected chi connectivity index (χ1v) is 11.6. The van der Waals surface area contributed by atoms with Gasteiger partial charge in [-0.1, -0.05) is 36.4 Å². The lowest BCUT2D eigenvalue weighted by molar-refractivity contribution is -0.193. The molecule has 8 nitrogen and oxygen atoms in total. The van der Waals surface area contributed by atoms with Crippen LogP contribution in [-0.4, -0.2) is 80.9 Å². The molecular formula is C25H27F6N3O5. The summed E-state index contributed by atoms with van der Waals surface area (Å²) in [5.41, 5.74) is 2.59. The highest BCUT2D eigenvalue weighted by Gasteiger charge is 2.51. The summed E-state index contributed by atoms with van der Waals surface area (Å²) in [6, 6.07) is 17.1. The number of carboxylic acids is 2. The summed E-state index contributed by atoms with van der Waals surface area (Å²) in [6.07, 6.45) is -6.15. The molecule has 2 fully saturated rings. The molecule has 0 bridgehead atoms. The number of nitrogens with zero attached hydrogens (tertiary/aromatic N) is 3. The van der Waals surface area contributed by atoms with Crippen LogP contribution in [0.3, 0.4) is 0 Å². The van der Waals surface area contributed by atoms with E-state index in [1.165, 1.54) is 5.56 Å². The van der Waals surface area contributed by atoms with Gasteiger partial charge in [-0.05, 0) is 37.1 Å². The third kappa shape index (κ3) is 8.67. The first-order chi connectivity index (χ1) is 18.1. The van der Waals surface area contributed by atoms with Crippen LogP contribution in [0.2, 0.25) is 0 Å². The molecule has 0 aliphatic carbocycles. The quantitative estimate of drug-likeness (QED) is 0.541. The number of fused-ring (bicyclic) bond motifs is 1. The molecule has 4 rings (SSSR count). The Morgan fingerprint density at radius 1 is 0.897 bits per heavy atom. The van der Waals surface area contributed by atoms with E-state index in [1.54, 1.807) is 6.92 Å². The second kappa shape index (κ2) is 12.9. The third-order valence-electron chi connectivity index (χ3n) is 6.47. The molecule has 0 spiro atoms. The number of carbonyl (C=O) groups excluding carboxylic acids is 1. The minimum Gasteiger partial charge on any atom is -0.475 e. The normalized spacial score (nSPS) is 21.0. The molecule has 2 saturated heterocycles. The molecule has 2 N–H and O–H groups in total. The predicted octanol–water partition coefficient (Wildman–Crippen LogP) is 4.11. The van der Waals surface area contributed by atoms with Gasteiger partial charge in [-0.2, -0.15) is 26.3 Å². The van der Waals surface area contributed by atoms with Crippen molar-refractivity contribution in [2.75, 3.05) is 19.6 Å². The smallest absolute Gasteiger partial charge is 0.475 e. The molecular weight excluding hydrogens is 536 g/mol. The lowest BCUT2D eigenvalue weighted by Crippen LogP contribution is -2.56. The Balaban J connectivity index is 0.000000317. The van der Waals surface area contributed by atoms with E-state index in [4.69, 9.17) is 19.8 Å². The summed E-state index contributed by atoms with van der Waals surface area (Å²) >= 11 is 0. The maximum absolute atomic E-state index is 12.2. The van der Waals surface area contributed by atoms with Gasteiger partial charge in [0.1, 0.15) is 0 Å². The Morgan fingerprint density at radius 3 is 1.87 bits per heavy atom. The van der Waals surface area contributed by atoms with E-state index in [2.05, 4.69) is 51.2 Å². The van der Waals surface area contributed by atoms with Gasteiger partial charge in [-0.3, -0.25) is 14.7 Å². The molecule has 3 heterocycles. The van der Waals surface area contributed by atoms with Crippen molar-refractivity contribution in [1.82, 2.24) is 14.8 Å². The number of carboxylic acid groups (broad SMARTS) is 2. The second-order valence-electron chi connectivity index (χ2n) is 8.91. The number of rotatable bonds is 3. The Kier molecular flexibility index (Phi) is 10.4. The highest BCUT2D eigenvalue weighted by molar-refractivity contribution is 5.74. The van der Waals surface area contributed by atoms with Crippen LogP contribution in [0.4, 0.5) is 26.3 Å². The molecule has 2 aliphatic heterocycles. The van der Waals surface area contributed by atoms with Crippen LogP contribution in [0.1, 0.15) is 31.0 Å². The molecule has 39 heavy (non-hydrogen) atoms. The molecule has 1 aromatic heterocycles. The fourth-order valence-electron chi connectivity index (χ4n) is 4.69. The van der Waals surface area contributed by atoms with Crippen molar-refractivity contribution in [2.45, 2.75) is 50.1 Å². The summed E-state index contributed by atoms with van der Waals surface area (Å²) < 4.78 is 63.5. The van der Waals surface area contributed by atoms with Gasteiger partial charge < -0.3 is 15.1 Å². The number of benzene rings is 1. The molecule has 2 aliphatic rings. The largest absolute Gasteiger partial charge is 0.490 e. The number of hydrogen-bond acceptors (Lipinski definition) is 5. The number of amides is 1. The van der Waals surface area contributed by atoms with Crippen LogP contribution < -0.4 is 0 Å². The fraction of sp³-hybridized carbons (Fsp3) is 0.440. The van der Waals surface area contributed by atoms with Crippen molar-refractivity contribution in [3.8, 4) is 0 Å². The van der Waals surface area contributed by atoms with Crippen molar-refractivity contribution in [3.63, 3.8) is 0 Å². The molecule has 14 heteroatoms. The van der Waals surface area contributed by atoms with Crippen molar-refractivity contribution in [1.29, 1.82) is 0 Å². The highest BCUT2D eigenvalue weighted by atomic mass is 19.4. The van der Waals surface area contributed by atoms with E-state index in [-0.39, 0.29) is 17.4 Å². The van der Waals surface area contributed by atoms with Gasteiger partial charge in [0.25, 0.3) is 0 Å². The van der Waals surface area contributed by atoms with Gasteiger partial charge in [-0.15, -0.1) is 0 Å². The summed E-state index contributed by atoms with van der Waals surface area (Å²) in [7, 11) is 0. The van der Waals surface area contributed by atoms with E-state index in [1.807, 2.05) is 18.3 Å². The van der Waals surface area contributed by atoms with Gasteiger partial charge in [-0.25, -0.2) is 9.59 Å². The number of likely N-dealkylation sites (tertiary alicyclic amines) is 2. The molecule has 0 radical (unpaired) electrons. The van der Waals surface area contributed by atoms with Crippen LogP contribution >= 0.6 is 0 Å². The van der Waals surface area contributed by atoms with Gasteiger partial charge in [0.05, 0.1) is 11.7 Å². The number of hydrogen-bond donors (Lipinski definition) is 2. The van der Waals surface area contributed by atoms with E-state index < -0.39 is 24.3 Å². The molecule has 0 saturated carbocycles. The van der Waals surface area contributed by atoms with Gasteiger partial charge >= 0.3 is 24.3 Å². The molecule has 1 amide bonds. The van der Waals surface area contributed by atoms with E-state index in [0.717, 1.165) is 44.7 Å². The molecule has 2 unspecified atom stereocenters. The van der Waals surface area contributed by atoms with E-state index in [9.17, 15) is 31.1 Å². The number of alkyl halides is 6. The number of halogens is 6. The first kappa shape index (κ1) is 31.5. The number of carbonyl (C=O) groups is 3. The maximum Gasteiger partial charge on any atom is 0.490 e. The SMILES string of the molecule is CC(=O)N1CCC2(c3ccccc3)CCN(Cc3ccccn3)CC12.O=C(O)C(F)(F)F.O=C(O)C(F)(F)F. The zero-order chi connectivity index (χ0) is 29.4. The van der Waals surface area contributed by atoms with Crippen LogP contribution in [0, 0.1) is 0 Å². The number of aliphatic carboxylic acids is 2. The monoisotopic (exact) mass is 563 g/mol. The van der Waals surface area contributed by atoms with Crippen molar-refractivity contribution >= 4 is 17.8 Å². The minimum absolute atomic E-state index is 0.105. The van der Waals surface area contributed by atoms with Crippen molar-refractivity contribution < 1.29 is 50.9 Å². The van der Waals surface area contributed by atoms with Crippen molar-refractivity contribution in [3.05, 3.63) is 66.0 Å². The predicted molar refractivity (Wildman–Crippen MR) is 125 cm³/mol. The average molecular weight is 563 g/mol.